The summed E-state index contributed by atoms with van der Waals surface area (Å²) >= 11 is 14.5. The fourth-order valence-electron chi connectivity index (χ4n) is 5.28. The van der Waals surface area contributed by atoms with Gasteiger partial charge < -0.3 is 15.0 Å². The van der Waals surface area contributed by atoms with Crippen molar-refractivity contribution in [3.05, 3.63) is 82.3 Å². The Morgan fingerprint density at radius 2 is 1.60 bits per heavy atom. The number of halogens is 2. The fraction of sp³-hybridized carbons (Fsp3) is 0.394. The Labute approximate surface area is 280 Å². The minimum atomic E-state index is -4.21. The lowest BCUT2D eigenvalue weighted by atomic mass is 9.95. The molecule has 0 spiro atoms. The average molecular weight is 693 g/mol. The van der Waals surface area contributed by atoms with E-state index in [0.29, 0.717) is 28.0 Å². The van der Waals surface area contributed by atoms with Crippen LogP contribution in [-0.4, -0.2) is 56.6 Å². The zero-order valence-electron chi connectivity index (χ0n) is 25.7. The molecular formula is C33H39Cl2N3O5S2. The van der Waals surface area contributed by atoms with Gasteiger partial charge in [-0.3, -0.25) is 13.9 Å². The maximum atomic E-state index is 14.3. The molecule has 242 valence electrons. The molecule has 0 bridgehead atoms. The van der Waals surface area contributed by atoms with Gasteiger partial charge in [-0.2, -0.15) is 0 Å². The van der Waals surface area contributed by atoms with Crippen LogP contribution in [0.2, 0.25) is 10.0 Å². The number of nitrogens with zero attached hydrogens (tertiary/aromatic N) is 2. The van der Waals surface area contributed by atoms with Crippen LogP contribution in [0.15, 0.2) is 76.5 Å². The molecule has 12 heteroatoms. The monoisotopic (exact) mass is 691 g/mol. The number of amides is 2. The van der Waals surface area contributed by atoms with Gasteiger partial charge in [-0.15, -0.1) is 11.8 Å². The molecule has 1 saturated carbocycles. The third-order valence-electron chi connectivity index (χ3n) is 7.87. The fourth-order valence-corrected chi connectivity index (χ4v) is 7.62. The number of sulfonamides is 1. The summed E-state index contributed by atoms with van der Waals surface area (Å²) in [5, 5.41) is 3.77. The van der Waals surface area contributed by atoms with Gasteiger partial charge in [-0.1, -0.05) is 48.5 Å². The molecule has 1 fully saturated rings. The van der Waals surface area contributed by atoms with Crippen molar-refractivity contribution in [1.82, 2.24) is 10.2 Å². The van der Waals surface area contributed by atoms with Crippen molar-refractivity contribution in [2.24, 2.45) is 0 Å². The first-order chi connectivity index (χ1) is 21.5. The minimum absolute atomic E-state index is 0.0274. The van der Waals surface area contributed by atoms with E-state index in [0.717, 1.165) is 41.3 Å². The Morgan fingerprint density at radius 1 is 0.978 bits per heavy atom. The molecule has 3 aromatic carbocycles. The molecule has 3 aromatic rings. The number of anilines is 1. The van der Waals surface area contributed by atoms with E-state index in [-0.39, 0.29) is 29.1 Å². The number of hydrogen-bond acceptors (Lipinski definition) is 6. The van der Waals surface area contributed by atoms with Crippen molar-refractivity contribution in [3.63, 3.8) is 0 Å². The highest BCUT2D eigenvalue weighted by Crippen LogP contribution is 2.30. The van der Waals surface area contributed by atoms with Crippen LogP contribution in [0.3, 0.4) is 0 Å². The van der Waals surface area contributed by atoms with Gasteiger partial charge in [-0.25, -0.2) is 8.42 Å². The summed E-state index contributed by atoms with van der Waals surface area (Å²) in [5.74, 6) is -0.339. The van der Waals surface area contributed by atoms with Crippen LogP contribution < -0.4 is 14.4 Å². The van der Waals surface area contributed by atoms with E-state index in [2.05, 4.69) is 5.32 Å². The number of nitrogens with one attached hydrogen (secondary N) is 1. The van der Waals surface area contributed by atoms with Gasteiger partial charge in [0.1, 0.15) is 18.3 Å². The molecule has 1 unspecified atom stereocenters. The van der Waals surface area contributed by atoms with Crippen molar-refractivity contribution in [2.45, 2.75) is 74.4 Å². The first-order valence-electron chi connectivity index (χ1n) is 15.0. The van der Waals surface area contributed by atoms with Crippen molar-refractivity contribution in [2.75, 3.05) is 23.7 Å². The number of ether oxygens (including phenoxy) is 1. The SMILES string of the molecule is CCOc1ccc(N(CC(=O)N(Cc2c(Cl)cccc2Cl)C(C)C(=O)NC2CCCCC2)S(=O)(=O)c2ccc(SC)cc2)cc1. The van der Waals surface area contributed by atoms with E-state index in [1.165, 1.54) is 28.8 Å². The van der Waals surface area contributed by atoms with Gasteiger partial charge in [-0.05, 0) is 93.6 Å². The highest BCUT2D eigenvalue weighted by molar-refractivity contribution is 7.98. The number of thioether (sulfide) groups is 1. The van der Waals surface area contributed by atoms with Crippen molar-refractivity contribution < 1.29 is 22.7 Å². The van der Waals surface area contributed by atoms with Crippen molar-refractivity contribution in [1.29, 1.82) is 0 Å². The number of hydrogen-bond donors (Lipinski definition) is 1. The third kappa shape index (κ3) is 8.87. The molecule has 0 saturated heterocycles. The molecule has 1 atom stereocenters. The van der Waals surface area contributed by atoms with Crippen molar-refractivity contribution in [3.8, 4) is 5.75 Å². The molecule has 0 radical (unpaired) electrons. The van der Waals surface area contributed by atoms with Gasteiger partial charge in [0.2, 0.25) is 11.8 Å². The summed E-state index contributed by atoms with van der Waals surface area (Å²) in [6, 6.07) is 17.1. The van der Waals surface area contributed by atoms with E-state index in [1.807, 2.05) is 13.2 Å². The van der Waals surface area contributed by atoms with Gasteiger partial charge in [0.15, 0.2) is 0 Å². The lowest BCUT2D eigenvalue weighted by molar-refractivity contribution is -0.139. The highest BCUT2D eigenvalue weighted by atomic mass is 35.5. The zero-order chi connectivity index (χ0) is 32.6. The van der Waals surface area contributed by atoms with Gasteiger partial charge in [0, 0.05) is 33.1 Å². The quantitative estimate of drug-likeness (QED) is 0.191. The van der Waals surface area contributed by atoms with Crippen LogP contribution in [0.4, 0.5) is 5.69 Å². The summed E-state index contributed by atoms with van der Waals surface area (Å²) in [4.78, 5) is 30.1. The van der Waals surface area contributed by atoms with E-state index in [1.54, 1.807) is 61.5 Å². The van der Waals surface area contributed by atoms with E-state index in [4.69, 9.17) is 27.9 Å². The second-order valence-electron chi connectivity index (χ2n) is 10.9. The molecule has 1 N–H and O–H groups in total. The lowest BCUT2D eigenvalue weighted by Gasteiger charge is -2.33. The minimum Gasteiger partial charge on any atom is -0.494 e. The van der Waals surface area contributed by atoms with Crippen LogP contribution in [0, 0.1) is 0 Å². The molecular weight excluding hydrogens is 653 g/mol. The highest BCUT2D eigenvalue weighted by Gasteiger charge is 2.34. The van der Waals surface area contributed by atoms with Crippen molar-refractivity contribution >= 4 is 62.5 Å². The number of carbonyl (C=O) groups is 2. The molecule has 2 amide bonds. The number of rotatable bonds is 13. The third-order valence-corrected chi connectivity index (χ3v) is 11.1. The predicted molar refractivity (Wildman–Crippen MR) is 182 cm³/mol. The van der Waals surface area contributed by atoms with E-state index in [9.17, 15) is 18.0 Å². The summed E-state index contributed by atoms with van der Waals surface area (Å²) in [7, 11) is -4.21. The maximum absolute atomic E-state index is 14.3. The second kappa shape index (κ2) is 16.1. The summed E-state index contributed by atoms with van der Waals surface area (Å²) in [5.41, 5.74) is 0.741. The summed E-state index contributed by atoms with van der Waals surface area (Å²) in [6.45, 7) is 3.28. The molecule has 1 aliphatic carbocycles. The normalized spacial score (nSPS) is 14.4. The van der Waals surface area contributed by atoms with Gasteiger partial charge in [0.05, 0.1) is 17.2 Å². The standard InChI is InChI=1S/C33H39Cl2N3O5S2/c1-4-43-26-15-13-25(14-16-26)38(45(41,42)28-19-17-27(44-3)18-20-28)22-32(39)37(21-29-30(34)11-8-12-31(29)35)23(2)33(40)36-24-9-6-5-7-10-24/h8,11-20,23-24H,4-7,9-10,21-22H2,1-3H3,(H,36,40). The topological polar surface area (TPSA) is 96.0 Å². The predicted octanol–water partition coefficient (Wildman–Crippen LogP) is 7.18. The Morgan fingerprint density at radius 3 is 2.18 bits per heavy atom. The summed E-state index contributed by atoms with van der Waals surface area (Å²) < 4.78 is 34.9. The van der Waals surface area contributed by atoms with E-state index < -0.39 is 28.5 Å². The van der Waals surface area contributed by atoms with Crippen LogP contribution in [-0.2, 0) is 26.2 Å². The lowest BCUT2D eigenvalue weighted by Crippen LogP contribution is -2.53. The average Bonchev–Trinajstić information content (AvgIpc) is 3.04. The first kappa shape index (κ1) is 34.9. The molecule has 0 heterocycles. The van der Waals surface area contributed by atoms with Gasteiger partial charge in [0.25, 0.3) is 10.0 Å². The molecule has 0 aliphatic heterocycles. The molecule has 1 aliphatic rings. The zero-order valence-corrected chi connectivity index (χ0v) is 28.8. The Hall–Kier alpha value is -2.92. The molecule has 8 nitrogen and oxygen atoms in total. The maximum Gasteiger partial charge on any atom is 0.264 e. The number of benzene rings is 3. The first-order valence-corrected chi connectivity index (χ1v) is 18.4. The summed E-state index contributed by atoms with van der Waals surface area (Å²) in [6.07, 6.45) is 6.85. The van der Waals surface area contributed by atoms with Gasteiger partial charge >= 0.3 is 0 Å². The molecule has 4 rings (SSSR count). The Bertz CT molecular complexity index is 1540. The Balaban J connectivity index is 1.71. The Kier molecular flexibility index (Phi) is 12.5. The molecule has 0 aromatic heterocycles. The van der Waals surface area contributed by atoms with Crippen LogP contribution >= 0.6 is 35.0 Å². The second-order valence-corrected chi connectivity index (χ2v) is 14.4. The van der Waals surface area contributed by atoms with Crippen LogP contribution in [0.25, 0.3) is 0 Å². The molecule has 45 heavy (non-hydrogen) atoms. The van der Waals surface area contributed by atoms with Crippen LogP contribution in [0.5, 0.6) is 5.75 Å². The largest absolute Gasteiger partial charge is 0.494 e. The van der Waals surface area contributed by atoms with E-state index >= 15 is 0 Å². The van der Waals surface area contributed by atoms with Crippen LogP contribution in [0.1, 0.15) is 51.5 Å². The smallest absolute Gasteiger partial charge is 0.264 e. The number of carbonyl (C=O) groups excluding carboxylic acids is 2.